The Bertz CT molecular complexity index is 1230. The third-order valence-electron chi connectivity index (χ3n) is 4.48. The number of hydrogen-bond donors (Lipinski definition) is 0. The highest BCUT2D eigenvalue weighted by Crippen LogP contribution is 2.28. The molecule has 1 atom stereocenters. The largest absolute Gasteiger partial charge is 0.463 e. The minimum absolute atomic E-state index is 0.162. The maximum Gasteiger partial charge on any atom is 0.354 e. The molecule has 152 valence electrons. The van der Waals surface area contributed by atoms with E-state index in [4.69, 9.17) is 4.74 Å². The molecule has 4 rings (SSSR count). The van der Waals surface area contributed by atoms with E-state index in [1.54, 1.807) is 67.6 Å². The Balaban J connectivity index is 1.98. The number of carbonyl (C=O) groups is 1. The third-order valence-corrected chi connectivity index (χ3v) is 6.80. The summed E-state index contributed by atoms with van der Waals surface area (Å²) in [5, 5.41) is 8.23. The third kappa shape index (κ3) is 3.69. The van der Waals surface area contributed by atoms with E-state index in [9.17, 15) is 9.00 Å². The molecule has 0 aliphatic rings. The lowest BCUT2D eigenvalue weighted by atomic mass is 10.3. The summed E-state index contributed by atoms with van der Waals surface area (Å²) in [6.07, 6.45) is -1.26. The monoisotopic (exact) mass is 420 g/mol. The quantitative estimate of drug-likeness (QED) is 0.439. The van der Waals surface area contributed by atoms with Gasteiger partial charge in [0.15, 0.2) is 0 Å². The number of hydrogen-bond acceptors (Lipinski definition) is 6. The van der Waals surface area contributed by atoms with Gasteiger partial charge in [-0.25, -0.2) is 13.7 Å². The number of nitrogens with zero attached hydrogens (tertiary/aromatic N) is 4. The van der Waals surface area contributed by atoms with E-state index < -0.39 is 21.9 Å². The first-order valence-electron chi connectivity index (χ1n) is 9.46. The first-order valence-corrected chi connectivity index (χ1v) is 11.0. The fourth-order valence-electron chi connectivity index (χ4n) is 3.08. The number of ether oxygens (including phenoxy) is 1. The van der Waals surface area contributed by atoms with Gasteiger partial charge >= 0.3 is 5.97 Å². The van der Waals surface area contributed by atoms with Gasteiger partial charge in [0.2, 0.25) is 6.17 Å². The van der Waals surface area contributed by atoms with Crippen molar-refractivity contribution in [2.45, 2.75) is 22.9 Å². The number of rotatable bonds is 6. The molecule has 0 aliphatic heterocycles. The lowest BCUT2D eigenvalue weighted by molar-refractivity contribution is -0.147. The Morgan fingerprint density at radius 2 is 1.53 bits per heavy atom. The zero-order chi connectivity index (χ0) is 21.0. The van der Waals surface area contributed by atoms with Gasteiger partial charge in [0, 0.05) is 0 Å². The van der Waals surface area contributed by atoms with Crippen LogP contribution in [0.1, 0.15) is 13.1 Å². The average molecular weight is 420 g/mol. The van der Waals surface area contributed by atoms with Crippen LogP contribution in [-0.4, -0.2) is 31.8 Å². The van der Waals surface area contributed by atoms with Gasteiger partial charge in [-0.05, 0) is 43.3 Å². The second-order valence-corrected chi connectivity index (χ2v) is 8.61. The van der Waals surface area contributed by atoms with E-state index in [2.05, 4.69) is 14.7 Å². The average Bonchev–Trinajstić information content (AvgIpc) is 3.22. The number of carbonyl (C=O) groups excluding carboxylic acids is 1. The summed E-state index contributed by atoms with van der Waals surface area (Å²) in [5.74, 6) is -0.646. The molecule has 1 heterocycles. The standard InChI is InChI=1S/C22H20N4O3S/c1-2-29-22(27)21(26-20-16-10-9-15-19(20)23-25-26)24-30(28,17-11-5-3-6-12-17)18-13-7-4-8-14-18/h3-16,21H,2H2,1H3. The summed E-state index contributed by atoms with van der Waals surface area (Å²) in [7, 11) is -3.17. The van der Waals surface area contributed by atoms with E-state index in [0.717, 1.165) is 0 Å². The predicted molar refractivity (Wildman–Crippen MR) is 113 cm³/mol. The Morgan fingerprint density at radius 1 is 0.967 bits per heavy atom. The van der Waals surface area contributed by atoms with Crippen molar-refractivity contribution in [2.24, 2.45) is 4.36 Å². The lowest BCUT2D eigenvalue weighted by Crippen LogP contribution is -2.23. The summed E-state index contributed by atoms with van der Waals surface area (Å²) in [6.45, 7) is 1.87. The summed E-state index contributed by atoms with van der Waals surface area (Å²) in [6, 6.07) is 25.0. The van der Waals surface area contributed by atoms with Crippen molar-refractivity contribution in [3.8, 4) is 0 Å². The predicted octanol–water partition coefficient (Wildman–Crippen LogP) is 4.08. The number of benzene rings is 3. The second-order valence-electron chi connectivity index (χ2n) is 6.41. The molecule has 7 nitrogen and oxygen atoms in total. The molecule has 0 saturated carbocycles. The van der Waals surface area contributed by atoms with Crippen molar-refractivity contribution in [1.82, 2.24) is 15.0 Å². The zero-order valence-corrected chi connectivity index (χ0v) is 17.1. The van der Waals surface area contributed by atoms with Crippen molar-refractivity contribution in [1.29, 1.82) is 0 Å². The Labute approximate surface area is 174 Å². The van der Waals surface area contributed by atoms with Crippen LogP contribution in [0.25, 0.3) is 11.0 Å². The molecule has 4 aromatic rings. The number of aromatic nitrogens is 3. The summed E-state index contributed by atoms with van der Waals surface area (Å²) in [5.41, 5.74) is 1.20. The van der Waals surface area contributed by atoms with Gasteiger partial charge in [-0.1, -0.05) is 53.7 Å². The SMILES string of the molecule is CCOC(=O)C(N=S(=O)(c1ccccc1)c1ccccc1)n1nnc2ccccc21. The van der Waals surface area contributed by atoms with Crippen molar-refractivity contribution in [3.05, 3.63) is 84.9 Å². The van der Waals surface area contributed by atoms with Crippen LogP contribution in [0.2, 0.25) is 0 Å². The summed E-state index contributed by atoms with van der Waals surface area (Å²) < 4.78 is 25.5. The van der Waals surface area contributed by atoms with Crippen LogP contribution in [0.5, 0.6) is 0 Å². The van der Waals surface area contributed by atoms with E-state index in [-0.39, 0.29) is 6.61 Å². The molecular weight excluding hydrogens is 400 g/mol. The second kappa shape index (κ2) is 8.46. The maximum atomic E-state index is 14.3. The fraction of sp³-hybridized carbons (Fsp3) is 0.136. The molecule has 0 fully saturated rings. The molecule has 30 heavy (non-hydrogen) atoms. The molecule has 0 aliphatic carbocycles. The van der Waals surface area contributed by atoms with Crippen LogP contribution in [0, 0.1) is 0 Å². The van der Waals surface area contributed by atoms with Gasteiger partial charge < -0.3 is 4.74 Å². The Morgan fingerprint density at radius 3 is 2.13 bits per heavy atom. The van der Waals surface area contributed by atoms with E-state index in [1.807, 2.05) is 24.3 Å². The molecule has 1 aromatic heterocycles. The van der Waals surface area contributed by atoms with Gasteiger partial charge in [0.05, 0.1) is 21.9 Å². The number of para-hydroxylation sites is 1. The topological polar surface area (TPSA) is 86.4 Å². The van der Waals surface area contributed by atoms with Gasteiger partial charge in [-0.2, -0.15) is 4.36 Å². The minimum Gasteiger partial charge on any atom is -0.463 e. The van der Waals surface area contributed by atoms with E-state index in [0.29, 0.717) is 20.8 Å². The molecule has 0 saturated heterocycles. The number of fused-ring (bicyclic) bond motifs is 1. The van der Waals surface area contributed by atoms with Crippen LogP contribution in [-0.2, 0) is 19.3 Å². The normalized spacial score (nSPS) is 12.4. The van der Waals surface area contributed by atoms with Crippen LogP contribution >= 0.6 is 0 Å². The first kappa shape index (κ1) is 19.8. The van der Waals surface area contributed by atoms with Crippen LogP contribution in [0.4, 0.5) is 0 Å². The summed E-state index contributed by atoms with van der Waals surface area (Å²) in [4.78, 5) is 13.9. The highest BCUT2D eigenvalue weighted by atomic mass is 32.2. The fourth-order valence-corrected chi connectivity index (χ4v) is 5.10. The first-order chi connectivity index (χ1) is 14.6. The van der Waals surface area contributed by atoms with Crippen molar-refractivity contribution in [3.63, 3.8) is 0 Å². The van der Waals surface area contributed by atoms with E-state index >= 15 is 0 Å². The summed E-state index contributed by atoms with van der Waals surface area (Å²) >= 11 is 0. The van der Waals surface area contributed by atoms with E-state index in [1.165, 1.54) is 4.68 Å². The minimum atomic E-state index is -3.17. The van der Waals surface area contributed by atoms with Crippen molar-refractivity contribution >= 4 is 26.7 Å². The Hall–Kier alpha value is -3.52. The molecule has 0 bridgehead atoms. The molecular formula is C22H20N4O3S. The Kier molecular flexibility index (Phi) is 5.58. The number of esters is 1. The molecule has 0 spiro atoms. The van der Waals surface area contributed by atoms with Gasteiger partial charge in [-0.15, -0.1) is 5.10 Å². The zero-order valence-electron chi connectivity index (χ0n) is 16.3. The molecule has 8 heteroatoms. The smallest absolute Gasteiger partial charge is 0.354 e. The molecule has 0 radical (unpaired) electrons. The van der Waals surface area contributed by atoms with Crippen molar-refractivity contribution in [2.75, 3.05) is 6.61 Å². The lowest BCUT2D eigenvalue weighted by Gasteiger charge is -2.17. The maximum absolute atomic E-state index is 14.3. The van der Waals surface area contributed by atoms with Crippen molar-refractivity contribution < 1.29 is 13.7 Å². The van der Waals surface area contributed by atoms with Crippen LogP contribution in [0.3, 0.4) is 0 Å². The van der Waals surface area contributed by atoms with Gasteiger partial charge in [-0.3, -0.25) is 0 Å². The molecule has 0 N–H and O–H groups in total. The molecule has 0 amide bonds. The van der Waals surface area contributed by atoms with Crippen LogP contribution in [0.15, 0.2) is 99.1 Å². The molecule has 1 unspecified atom stereocenters. The van der Waals surface area contributed by atoms with Crippen LogP contribution < -0.4 is 0 Å². The highest BCUT2D eigenvalue weighted by molar-refractivity contribution is 7.93. The van der Waals surface area contributed by atoms with Gasteiger partial charge in [0.25, 0.3) is 0 Å². The van der Waals surface area contributed by atoms with Gasteiger partial charge in [0.1, 0.15) is 15.2 Å². The highest BCUT2D eigenvalue weighted by Gasteiger charge is 2.28. The molecule has 3 aromatic carbocycles.